The Balaban J connectivity index is 2.58. The minimum absolute atomic E-state index is 0.0589. The molecule has 3 nitrogen and oxygen atoms in total. The summed E-state index contributed by atoms with van der Waals surface area (Å²) in [7, 11) is 1.76. The number of nitrogens with zero attached hydrogens (tertiary/aromatic N) is 2. The highest BCUT2D eigenvalue weighted by Gasteiger charge is 2.21. The Morgan fingerprint density at radius 1 is 1.39 bits per heavy atom. The first-order valence-electron chi connectivity index (χ1n) is 5.41. The van der Waals surface area contributed by atoms with Crippen LogP contribution in [-0.4, -0.2) is 15.6 Å². The lowest BCUT2D eigenvalue weighted by Crippen LogP contribution is -2.07. The van der Waals surface area contributed by atoms with Crippen LogP contribution in [0.1, 0.15) is 27.3 Å². The molecule has 0 unspecified atom stereocenters. The van der Waals surface area contributed by atoms with Gasteiger partial charge in [-0.1, -0.05) is 15.9 Å². The number of benzene rings is 1. The Morgan fingerprint density at radius 3 is 2.61 bits per heavy atom. The molecule has 0 amide bonds. The van der Waals surface area contributed by atoms with E-state index >= 15 is 0 Å². The minimum Gasteiger partial charge on any atom is -0.288 e. The fraction of sp³-hybridized carbons (Fsp3) is 0.231. The first-order valence-corrected chi connectivity index (χ1v) is 6.21. The molecule has 0 fully saturated rings. The van der Waals surface area contributed by atoms with E-state index in [1.54, 1.807) is 31.6 Å². The van der Waals surface area contributed by atoms with Gasteiger partial charge in [-0.3, -0.25) is 9.48 Å². The van der Waals surface area contributed by atoms with Gasteiger partial charge in [0.2, 0.25) is 0 Å². The summed E-state index contributed by atoms with van der Waals surface area (Å²) in [6, 6.07) is 4.33. The van der Waals surface area contributed by atoms with Gasteiger partial charge >= 0.3 is 0 Å². The molecule has 94 valence electrons. The number of carbonyl (C=O) groups is 1. The van der Waals surface area contributed by atoms with Crippen LogP contribution in [0.15, 0.2) is 22.7 Å². The zero-order chi connectivity index (χ0) is 13.4. The summed E-state index contributed by atoms with van der Waals surface area (Å²) in [5.74, 6) is -0.859. The molecule has 5 heteroatoms. The molecule has 1 aromatic carbocycles. The van der Waals surface area contributed by atoms with E-state index in [4.69, 9.17) is 0 Å². The predicted molar refractivity (Wildman–Crippen MR) is 70.2 cm³/mol. The van der Waals surface area contributed by atoms with Gasteiger partial charge in [-0.15, -0.1) is 0 Å². The van der Waals surface area contributed by atoms with Crippen LogP contribution in [0.25, 0.3) is 0 Å². The second-order valence-corrected chi connectivity index (χ2v) is 5.04. The number of ketones is 1. The molecule has 0 atom stereocenters. The van der Waals surface area contributed by atoms with Crippen molar-refractivity contribution in [1.82, 2.24) is 9.78 Å². The number of hydrogen-bond donors (Lipinski definition) is 0. The quantitative estimate of drug-likeness (QED) is 0.799. The summed E-state index contributed by atoms with van der Waals surface area (Å²) in [5.41, 5.74) is 1.87. The van der Waals surface area contributed by atoms with Crippen molar-refractivity contribution in [1.29, 1.82) is 0 Å². The molecule has 1 heterocycles. The molecule has 0 saturated heterocycles. The molecule has 0 saturated carbocycles. The third kappa shape index (κ3) is 2.10. The molecule has 1 aromatic heterocycles. The summed E-state index contributed by atoms with van der Waals surface area (Å²) in [4.78, 5) is 12.4. The Hall–Kier alpha value is -1.49. The smallest absolute Gasteiger partial charge is 0.199 e. The van der Waals surface area contributed by atoms with E-state index in [9.17, 15) is 9.18 Å². The van der Waals surface area contributed by atoms with Crippen molar-refractivity contribution in [2.45, 2.75) is 13.8 Å². The molecule has 2 aromatic rings. The van der Waals surface area contributed by atoms with Crippen molar-refractivity contribution in [2.24, 2.45) is 7.05 Å². The summed E-state index contributed by atoms with van der Waals surface area (Å²) in [5, 5.41) is 4.17. The van der Waals surface area contributed by atoms with Crippen molar-refractivity contribution in [3.8, 4) is 0 Å². The Kier molecular flexibility index (Phi) is 3.34. The number of carbonyl (C=O) groups excluding carboxylic acids is 1. The lowest BCUT2D eigenvalue weighted by atomic mass is 10.0. The third-order valence-corrected chi connectivity index (χ3v) is 3.40. The molecule has 0 spiro atoms. The molecule has 0 aliphatic carbocycles. The van der Waals surface area contributed by atoms with Gasteiger partial charge < -0.3 is 0 Å². The van der Waals surface area contributed by atoms with Crippen LogP contribution >= 0.6 is 15.9 Å². The molecule has 2 rings (SSSR count). The Morgan fingerprint density at radius 2 is 2.06 bits per heavy atom. The fourth-order valence-electron chi connectivity index (χ4n) is 1.91. The van der Waals surface area contributed by atoms with E-state index in [0.717, 1.165) is 5.69 Å². The monoisotopic (exact) mass is 310 g/mol. The molecular weight excluding hydrogens is 299 g/mol. The summed E-state index contributed by atoms with van der Waals surface area (Å²) in [6.07, 6.45) is 0. The second kappa shape index (κ2) is 4.65. The molecule has 0 aliphatic heterocycles. The largest absolute Gasteiger partial charge is 0.288 e. The molecule has 0 radical (unpaired) electrons. The van der Waals surface area contributed by atoms with Crippen LogP contribution in [0.2, 0.25) is 0 Å². The lowest BCUT2D eigenvalue weighted by molar-refractivity contribution is 0.103. The summed E-state index contributed by atoms with van der Waals surface area (Å²) >= 11 is 3.24. The molecular formula is C13H12BrFN2O. The number of halogens is 2. The number of hydrogen-bond acceptors (Lipinski definition) is 2. The minimum atomic E-state index is -0.522. The Labute approximate surface area is 113 Å². The van der Waals surface area contributed by atoms with Gasteiger partial charge in [0, 0.05) is 17.2 Å². The zero-order valence-electron chi connectivity index (χ0n) is 10.3. The summed E-state index contributed by atoms with van der Waals surface area (Å²) in [6.45, 7) is 3.54. The van der Waals surface area contributed by atoms with E-state index in [1.807, 2.05) is 0 Å². The number of aryl methyl sites for hydroxylation is 2. The highest BCUT2D eigenvalue weighted by molar-refractivity contribution is 9.10. The van der Waals surface area contributed by atoms with Crippen molar-refractivity contribution in [3.05, 3.63) is 51.0 Å². The van der Waals surface area contributed by atoms with E-state index in [-0.39, 0.29) is 11.3 Å². The van der Waals surface area contributed by atoms with E-state index < -0.39 is 5.82 Å². The SMILES string of the molecule is Cc1nn(C)c(C)c1C(=O)c1cc(Br)ccc1F. The first kappa shape index (κ1) is 13.0. The van der Waals surface area contributed by atoms with Crippen molar-refractivity contribution >= 4 is 21.7 Å². The maximum Gasteiger partial charge on any atom is 0.199 e. The van der Waals surface area contributed by atoms with Gasteiger partial charge in [-0.2, -0.15) is 5.10 Å². The van der Waals surface area contributed by atoms with Gasteiger partial charge in [0.25, 0.3) is 0 Å². The average Bonchev–Trinajstić information content (AvgIpc) is 2.56. The highest BCUT2D eigenvalue weighted by Crippen LogP contribution is 2.22. The molecule has 0 aliphatic rings. The van der Waals surface area contributed by atoms with Crippen LogP contribution in [0.3, 0.4) is 0 Å². The first-order chi connectivity index (χ1) is 8.41. The molecule has 0 bridgehead atoms. The molecule has 0 N–H and O–H groups in total. The van der Waals surface area contributed by atoms with Crippen LogP contribution in [0.4, 0.5) is 4.39 Å². The number of aromatic nitrogens is 2. The van der Waals surface area contributed by atoms with Gasteiger partial charge in [0.15, 0.2) is 5.78 Å². The van der Waals surface area contributed by atoms with Gasteiger partial charge in [-0.05, 0) is 32.0 Å². The van der Waals surface area contributed by atoms with Gasteiger partial charge in [0.05, 0.1) is 16.8 Å². The lowest BCUT2D eigenvalue weighted by Gasteiger charge is -2.04. The highest BCUT2D eigenvalue weighted by atomic mass is 79.9. The van der Waals surface area contributed by atoms with E-state index in [1.165, 1.54) is 12.1 Å². The van der Waals surface area contributed by atoms with E-state index in [2.05, 4.69) is 21.0 Å². The summed E-state index contributed by atoms with van der Waals surface area (Å²) < 4.78 is 16.0. The van der Waals surface area contributed by atoms with Crippen molar-refractivity contribution in [2.75, 3.05) is 0 Å². The fourth-order valence-corrected chi connectivity index (χ4v) is 2.27. The van der Waals surface area contributed by atoms with Gasteiger partial charge in [0.1, 0.15) is 5.82 Å². The van der Waals surface area contributed by atoms with Crippen molar-refractivity contribution < 1.29 is 9.18 Å². The predicted octanol–water partition coefficient (Wildman–Crippen LogP) is 3.17. The maximum absolute atomic E-state index is 13.7. The standard InChI is InChI=1S/C13H12BrFN2O/c1-7-12(8(2)17(3)16-7)13(18)10-6-9(14)4-5-11(10)15/h4-6H,1-3H3. The topological polar surface area (TPSA) is 34.9 Å². The third-order valence-electron chi connectivity index (χ3n) is 2.91. The van der Waals surface area contributed by atoms with Gasteiger partial charge in [-0.25, -0.2) is 4.39 Å². The van der Waals surface area contributed by atoms with Crippen LogP contribution in [0.5, 0.6) is 0 Å². The zero-order valence-corrected chi connectivity index (χ0v) is 11.9. The van der Waals surface area contributed by atoms with Crippen LogP contribution in [0, 0.1) is 19.7 Å². The van der Waals surface area contributed by atoms with Crippen LogP contribution in [-0.2, 0) is 7.05 Å². The maximum atomic E-state index is 13.7. The van der Waals surface area contributed by atoms with Crippen LogP contribution < -0.4 is 0 Å². The average molecular weight is 311 g/mol. The van der Waals surface area contributed by atoms with E-state index in [0.29, 0.717) is 15.7 Å². The van der Waals surface area contributed by atoms with Crippen molar-refractivity contribution in [3.63, 3.8) is 0 Å². The number of rotatable bonds is 2. The Bertz CT molecular complexity index is 634. The normalized spacial score (nSPS) is 10.7. The second-order valence-electron chi connectivity index (χ2n) is 4.12. The molecule has 18 heavy (non-hydrogen) atoms.